The van der Waals surface area contributed by atoms with Gasteiger partial charge in [0.1, 0.15) is 59.0 Å². The highest BCUT2D eigenvalue weighted by molar-refractivity contribution is 6.00. The highest BCUT2D eigenvalue weighted by Gasteiger charge is 2.53. The van der Waals surface area contributed by atoms with Crippen LogP contribution in [0.4, 0.5) is 0 Å². The molecule has 24 nitrogen and oxygen atoms in total. The highest BCUT2D eigenvalue weighted by atomic mass is 16.7. The lowest BCUT2D eigenvalue weighted by molar-refractivity contribution is -0.284. The molecule has 0 aromatic heterocycles. The molecule has 6 N–H and O–H groups in total. The number of aliphatic hydroxyl groups is 6. The van der Waals surface area contributed by atoms with E-state index in [9.17, 15) is 59.4 Å². The van der Waals surface area contributed by atoms with Gasteiger partial charge in [0.2, 0.25) is 0 Å². The lowest BCUT2D eigenvalue weighted by Crippen LogP contribution is -2.57. The number of Topliss-reactive ketones (excluding diaryl/α,β-unsaturated/α-hetero) is 4. The molecule has 4 aliphatic rings. The smallest absolute Gasteiger partial charge is 0.316 e. The fraction of sp³-hybridized carbons (Fsp3) is 0.898. The van der Waals surface area contributed by atoms with Crippen molar-refractivity contribution >= 4 is 35.1 Å². The molecule has 4 rings (SSSR count). The Morgan fingerprint density at radius 3 is 1.20 bits per heavy atom. The number of carbonyl (C=O) groups is 6. The van der Waals surface area contributed by atoms with E-state index in [2.05, 4.69) is 20.1 Å². The summed E-state index contributed by atoms with van der Waals surface area (Å²) in [4.78, 5) is 86.6. The van der Waals surface area contributed by atoms with Gasteiger partial charge >= 0.3 is 11.9 Å². The van der Waals surface area contributed by atoms with Gasteiger partial charge in [-0.05, 0) is 120 Å². The van der Waals surface area contributed by atoms with Gasteiger partial charge in [0.15, 0.2) is 24.1 Å². The summed E-state index contributed by atoms with van der Waals surface area (Å²) < 4.78 is 35.9. The van der Waals surface area contributed by atoms with Crippen molar-refractivity contribution < 1.29 is 87.8 Å². The summed E-state index contributed by atoms with van der Waals surface area (Å²) in [6, 6.07) is 0. The van der Waals surface area contributed by atoms with Crippen molar-refractivity contribution in [1.82, 2.24) is 0 Å². The molecule has 0 aromatic carbocycles. The van der Waals surface area contributed by atoms with Crippen LogP contribution in [0.2, 0.25) is 0 Å². The summed E-state index contributed by atoms with van der Waals surface area (Å²) in [5.41, 5.74) is 11.5. The van der Waals surface area contributed by atoms with Crippen LogP contribution in [0.3, 0.4) is 0 Å². The number of rotatable bonds is 11. The lowest BCUT2D eigenvalue weighted by Gasteiger charge is -2.45. The maximum Gasteiger partial charge on any atom is 0.316 e. The summed E-state index contributed by atoms with van der Waals surface area (Å²) in [5.74, 6) is -11.2. The number of esters is 2. The fourth-order valence-electron chi connectivity index (χ4n) is 13.0. The van der Waals surface area contributed by atoms with Gasteiger partial charge in [-0.1, -0.05) is 93.3 Å². The molecular weight excluding hydrogens is 1080 g/mol. The molecule has 83 heavy (non-hydrogen) atoms. The van der Waals surface area contributed by atoms with Crippen molar-refractivity contribution in [2.75, 3.05) is 13.1 Å². The zero-order valence-corrected chi connectivity index (χ0v) is 52.3. The Labute approximate surface area is 490 Å². The Morgan fingerprint density at radius 1 is 0.518 bits per heavy atom. The number of ether oxygens (including phenoxy) is 6. The van der Waals surface area contributed by atoms with Crippen LogP contribution < -0.4 is 0 Å². The molecular formula is C59H100N6O18. The maximum absolute atomic E-state index is 13.8. The zero-order valence-electron chi connectivity index (χ0n) is 52.3. The summed E-state index contributed by atoms with van der Waals surface area (Å²) >= 11 is 0. The molecule has 0 spiro atoms. The van der Waals surface area contributed by atoms with E-state index in [0.29, 0.717) is 12.8 Å². The molecule has 474 valence electrons. The Kier molecular flexibility index (Phi) is 26.8. The largest absolute Gasteiger partial charge is 0.459 e. The predicted molar refractivity (Wildman–Crippen MR) is 303 cm³/mol. The molecule has 0 aromatic rings. The quantitative estimate of drug-likeness (QED) is 0.0301. The molecule has 8 unspecified atom stereocenters. The molecule has 0 aliphatic carbocycles. The molecule has 4 saturated heterocycles. The van der Waals surface area contributed by atoms with Crippen LogP contribution in [0, 0.1) is 70.0 Å². The third kappa shape index (κ3) is 18.2. The van der Waals surface area contributed by atoms with E-state index in [0.717, 1.165) is 0 Å². The van der Waals surface area contributed by atoms with E-state index in [1.807, 2.05) is 55.4 Å². The standard InChI is InChI=1S/C30H51N3O9.C29H49N3O9/c1-15-13-17(3)40-28(23(15)35)42-26-19(5)24(36)20(6)27(38)41-21(11-10-12-32-33-31)30(9,39)25(37)18(4)22(34)16(2)14-29(26,7)8;1-14-12-16(3)39-27(22(14)34)41-25-18(5)23(35)19(6)26(37)40-20(10-11-31-32-30)29(9,38)24(36)17(4)21(33)15(2)13-28(25,7)8/h15-21,23,25-26,28,35,37,39H,10-14H2,1-9H3;14-20,22,24-25,27,34,36,38H,10-13H2,1-9H3/t15?,16-,17?,18+,19+,20-,21-,23?,25-,26-,28?,30-;14?,15-,16?,17+,18+,19-,20-,22?,24-,25-,27?,29-/m11/s1. The Morgan fingerprint density at radius 2 is 0.855 bits per heavy atom. The van der Waals surface area contributed by atoms with Crippen LogP contribution in [0.15, 0.2) is 10.2 Å². The number of hydrogen-bond acceptors (Lipinski definition) is 20. The van der Waals surface area contributed by atoms with Crippen molar-refractivity contribution in [3.63, 3.8) is 0 Å². The summed E-state index contributed by atoms with van der Waals surface area (Å²) in [7, 11) is 0. The van der Waals surface area contributed by atoms with Gasteiger partial charge in [-0.15, -0.1) is 0 Å². The first-order valence-corrected chi connectivity index (χ1v) is 29.6. The number of aliphatic hydroxyl groups excluding tert-OH is 4. The van der Waals surface area contributed by atoms with Crippen LogP contribution in [0.5, 0.6) is 0 Å². The third-order valence-corrected chi connectivity index (χ3v) is 18.2. The van der Waals surface area contributed by atoms with Crippen LogP contribution in [0.25, 0.3) is 20.9 Å². The minimum absolute atomic E-state index is 0.0216. The number of ketones is 4. The van der Waals surface area contributed by atoms with Crippen LogP contribution in [0.1, 0.15) is 170 Å². The third-order valence-electron chi connectivity index (χ3n) is 18.2. The average molecular weight is 1180 g/mol. The van der Waals surface area contributed by atoms with Crippen molar-refractivity contribution in [3.8, 4) is 0 Å². The number of hydrogen-bond donors (Lipinski definition) is 6. The molecule has 24 atom stereocenters. The second kappa shape index (κ2) is 30.5. The molecule has 0 saturated carbocycles. The number of cyclic esters (lactones) is 2. The summed E-state index contributed by atoms with van der Waals surface area (Å²) in [5, 5.41) is 73.8. The molecule has 0 amide bonds. The van der Waals surface area contributed by atoms with E-state index in [1.54, 1.807) is 27.7 Å². The molecule has 4 aliphatic heterocycles. The van der Waals surface area contributed by atoms with E-state index >= 15 is 0 Å². The van der Waals surface area contributed by atoms with E-state index in [4.69, 9.17) is 39.5 Å². The molecule has 0 radical (unpaired) electrons. The van der Waals surface area contributed by atoms with Gasteiger partial charge in [0.25, 0.3) is 0 Å². The van der Waals surface area contributed by atoms with Gasteiger partial charge < -0.3 is 59.1 Å². The molecule has 24 heteroatoms. The normalized spacial score (nSPS) is 42.7. The minimum atomic E-state index is -2.09. The van der Waals surface area contributed by atoms with Crippen molar-refractivity contribution in [3.05, 3.63) is 20.9 Å². The Bertz CT molecular complexity index is 2320. The van der Waals surface area contributed by atoms with Crippen molar-refractivity contribution in [2.24, 2.45) is 80.2 Å². The monoisotopic (exact) mass is 1180 g/mol. The highest BCUT2D eigenvalue weighted by Crippen LogP contribution is 2.44. The van der Waals surface area contributed by atoms with Gasteiger partial charge in [-0.3, -0.25) is 28.8 Å². The van der Waals surface area contributed by atoms with E-state index in [-0.39, 0.29) is 80.8 Å². The Hall–Kier alpha value is -4.16. The minimum Gasteiger partial charge on any atom is -0.459 e. The average Bonchev–Trinajstić information content (AvgIpc) is 3.42. The first-order valence-electron chi connectivity index (χ1n) is 29.6. The first kappa shape index (κ1) is 73.1. The second-order valence-electron chi connectivity index (χ2n) is 26.6. The lowest BCUT2D eigenvalue weighted by atomic mass is 9.69. The van der Waals surface area contributed by atoms with Gasteiger partial charge in [0, 0.05) is 58.4 Å². The fourth-order valence-corrected chi connectivity index (χ4v) is 13.0. The van der Waals surface area contributed by atoms with Gasteiger partial charge in [-0.25, -0.2) is 0 Å². The van der Waals surface area contributed by atoms with E-state index in [1.165, 1.54) is 41.5 Å². The Balaban J connectivity index is 0.000000435. The van der Waals surface area contributed by atoms with E-state index < -0.39 is 154 Å². The zero-order chi connectivity index (χ0) is 63.6. The topological polar surface area (TPSA) is 377 Å². The summed E-state index contributed by atoms with van der Waals surface area (Å²) in [6.45, 7) is 30.0. The first-order chi connectivity index (χ1) is 38.2. The number of azide groups is 2. The molecule has 0 bridgehead atoms. The van der Waals surface area contributed by atoms with Crippen LogP contribution >= 0.6 is 0 Å². The van der Waals surface area contributed by atoms with Crippen LogP contribution in [-0.4, -0.2) is 164 Å². The molecule has 4 heterocycles. The van der Waals surface area contributed by atoms with Crippen molar-refractivity contribution in [1.29, 1.82) is 0 Å². The molecule has 4 fully saturated rings. The van der Waals surface area contributed by atoms with Gasteiger partial charge in [0.05, 0.1) is 36.6 Å². The summed E-state index contributed by atoms with van der Waals surface area (Å²) in [6.07, 6.45) is -9.93. The maximum atomic E-state index is 13.8. The SMILES string of the molecule is CC1CC(C)C(O)C(O[C@@H]2[C@@H](C)C(=O)[C@@H](C)C(=O)O[C@H](CCCN=[N+]=[N-])[C@@](C)(O)[C@H](O)[C@@H](C)C(=O)[C@H](C)CC2(C)C)O1.CC1CC(C)C(O)C(O[C@@H]2[C@@H](C)C(=O)[C@@H](C)C(=O)O[C@H](CCN=[N+]=[N-])[C@@](C)(O)[C@H](O)[C@@H](C)C(=O)[C@H](C)CC2(C)C)O1. The van der Waals surface area contributed by atoms with Crippen LogP contribution in [-0.2, 0) is 57.2 Å². The predicted octanol–water partition coefficient (Wildman–Crippen LogP) is 7.07. The number of nitrogens with zero attached hydrogens (tertiary/aromatic N) is 6. The second-order valence-corrected chi connectivity index (χ2v) is 26.6. The van der Waals surface area contributed by atoms with Gasteiger partial charge in [-0.2, -0.15) is 0 Å². The number of carbonyl (C=O) groups excluding carboxylic acids is 6. The van der Waals surface area contributed by atoms with Crippen molar-refractivity contribution in [2.45, 2.75) is 254 Å².